The highest BCUT2D eigenvalue weighted by Crippen LogP contribution is 2.18. The third-order valence-corrected chi connectivity index (χ3v) is 4.38. The number of hydrazine groups is 1. The number of amides is 1. The molecule has 2 N–H and O–H groups in total. The molecule has 3 rings (SSSR count). The summed E-state index contributed by atoms with van der Waals surface area (Å²) < 4.78 is 0. The molecule has 6 nitrogen and oxygen atoms in total. The molecule has 122 valence electrons. The number of carbonyl (C=O) groups excluding carboxylic acids is 2. The number of aromatic nitrogens is 1. The summed E-state index contributed by atoms with van der Waals surface area (Å²) in [6.45, 7) is 0.182. The molecule has 0 saturated heterocycles. The Labute approximate surface area is 143 Å². The summed E-state index contributed by atoms with van der Waals surface area (Å²) in [5.74, 6) is 5.91. The molecule has 0 spiro atoms. The number of allylic oxidation sites excluding steroid dienone is 1. The average Bonchev–Trinajstić information content (AvgIpc) is 3.16. The Morgan fingerprint density at radius 2 is 2.17 bits per heavy atom. The van der Waals surface area contributed by atoms with Crippen LogP contribution < -0.4 is 10.9 Å². The SMILES string of the molecule is NN(C(=O)C1=CN(CC(=O)c2cccs2)C=CC1)c1ccccn1. The minimum Gasteiger partial charge on any atom is -0.346 e. The maximum Gasteiger partial charge on any atom is 0.271 e. The number of nitrogens with zero attached hydrogens (tertiary/aromatic N) is 3. The molecule has 2 aromatic heterocycles. The topological polar surface area (TPSA) is 79.5 Å². The Kier molecular flexibility index (Phi) is 4.83. The largest absolute Gasteiger partial charge is 0.346 e. The predicted octanol–water partition coefficient (Wildman–Crippen LogP) is 2.34. The van der Waals surface area contributed by atoms with E-state index in [-0.39, 0.29) is 18.2 Å². The van der Waals surface area contributed by atoms with E-state index in [1.165, 1.54) is 11.3 Å². The van der Waals surface area contributed by atoms with Gasteiger partial charge in [0.1, 0.15) is 5.82 Å². The van der Waals surface area contributed by atoms with Gasteiger partial charge in [0.05, 0.1) is 11.4 Å². The van der Waals surface area contributed by atoms with E-state index in [0.717, 1.165) is 5.01 Å². The van der Waals surface area contributed by atoms with E-state index in [0.29, 0.717) is 22.7 Å². The first-order valence-electron chi connectivity index (χ1n) is 7.35. The third kappa shape index (κ3) is 3.58. The summed E-state index contributed by atoms with van der Waals surface area (Å²) in [6.07, 6.45) is 7.33. The van der Waals surface area contributed by atoms with Gasteiger partial charge in [-0.05, 0) is 30.0 Å². The maximum atomic E-state index is 12.5. The lowest BCUT2D eigenvalue weighted by atomic mass is 10.1. The van der Waals surface area contributed by atoms with E-state index in [1.54, 1.807) is 47.8 Å². The number of rotatable bonds is 5. The van der Waals surface area contributed by atoms with E-state index < -0.39 is 0 Å². The van der Waals surface area contributed by atoms with Crippen molar-refractivity contribution in [1.29, 1.82) is 0 Å². The normalized spacial score (nSPS) is 13.5. The van der Waals surface area contributed by atoms with E-state index in [1.807, 2.05) is 17.5 Å². The standard InChI is InChI=1S/C17H16N4O2S/c18-21(16-7-1-2-8-19-16)17(23)13-5-3-9-20(11-13)12-14(22)15-6-4-10-24-15/h1-4,6-11H,5,12,18H2. The molecule has 1 amide bonds. The molecule has 2 aromatic rings. The Balaban J connectivity index is 1.70. The van der Waals surface area contributed by atoms with Crippen molar-refractivity contribution >= 4 is 28.8 Å². The van der Waals surface area contributed by atoms with Crippen molar-refractivity contribution in [2.24, 2.45) is 5.84 Å². The molecule has 0 fully saturated rings. The zero-order valence-electron chi connectivity index (χ0n) is 12.8. The van der Waals surface area contributed by atoms with Crippen LogP contribution in [0.3, 0.4) is 0 Å². The van der Waals surface area contributed by atoms with E-state index in [9.17, 15) is 9.59 Å². The first-order chi connectivity index (χ1) is 11.6. The monoisotopic (exact) mass is 340 g/mol. The lowest BCUT2D eigenvalue weighted by Gasteiger charge is -2.23. The van der Waals surface area contributed by atoms with Gasteiger partial charge in [0.2, 0.25) is 0 Å². The molecule has 0 bridgehead atoms. The second-order valence-corrected chi connectivity index (χ2v) is 6.13. The van der Waals surface area contributed by atoms with Crippen LogP contribution in [-0.2, 0) is 4.79 Å². The smallest absolute Gasteiger partial charge is 0.271 e. The summed E-state index contributed by atoms with van der Waals surface area (Å²) in [5, 5.41) is 2.88. The van der Waals surface area contributed by atoms with Crippen molar-refractivity contribution < 1.29 is 9.59 Å². The Hall–Kier alpha value is -2.77. The number of ketones is 1. The summed E-state index contributed by atoms with van der Waals surface area (Å²) >= 11 is 1.40. The fraction of sp³-hybridized carbons (Fsp3) is 0.118. The minimum absolute atomic E-state index is 0.00827. The van der Waals surface area contributed by atoms with Crippen LogP contribution in [0.2, 0.25) is 0 Å². The second kappa shape index (κ2) is 7.20. The molecule has 0 atom stereocenters. The molecule has 3 heterocycles. The number of nitrogens with two attached hydrogens (primary N) is 1. The van der Waals surface area contributed by atoms with Crippen molar-refractivity contribution in [1.82, 2.24) is 9.88 Å². The minimum atomic E-state index is -0.341. The van der Waals surface area contributed by atoms with Crippen molar-refractivity contribution in [3.63, 3.8) is 0 Å². The molecular formula is C17H16N4O2S. The van der Waals surface area contributed by atoms with Crippen LogP contribution in [0.4, 0.5) is 5.82 Å². The van der Waals surface area contributed by atoms with Crippen LogP contribution in [0.5, 0.6) is 0 Å². The van der Waals surface area contributed by atoms with Gasteiger partial charge in [0.15, 0.2) is 5.78 Å². The Bertz CT molecular complexity index is 784. The van der Waals surface area contributed by atoms with Crippen molar-refractivity contribution in [2.75, 3.05) is 11.6 Å². The summed E-state index contributed by atoms with van der Waals surface area (Å²) in [7, 11) is 0. The summed E-state index contributed by atoms with van der Waals surface area (Å²) in [6, 6.07) is 8.81. The fourth-order valence-corrected chi connectivity index (χ4v) is 2.94. The van der Waals surface area contributed by atoms with Crippen molar-refractivity contribution in [2.45, 2.75) is 6.42 Å². The van der Waals surface area contributed by atoms with Crippen LogP contribution in [-0.4, -0.2) is 28.1 Å². The Morgan fingerprint density at radius 3 is 2.88 bits per heavy atom. The molecule has 0 aromatic carbocycles. The molecule has 0 aliphatic carbocycles. The van der Waals surface area contributed by atoms with Gasteiger partial charge in [-0.1, -0.05) is 18.2 Å². The van der Waals surface area contributed by atoms with Gasteiger partial charge < -0.3 is 4.90 Å². The van der Waals surface area contributed by atoms with Crippen LogP contribution in [0.1, 0.15) is 16.1 Å². The molecule has 7 heteroatoms. The number of carbonyl (C=O) groups is 2. The van der Waals surface area contributed by atoms with Crippen LogP contribution in [0.15, 0.2) is 66.0 Å². The third-order valence-electron chi connectivity index (χ3n) is 3.47. The highest BCUT2D eigenvalue weighted by molar-refractivity contribution is 7.12. The molecular weight excluding hydrogens is 324 g/mol. The zero-order chi connectivity index (χ0) is 16.9. The maximum absolute atomic E-state index is 12.5. The van der Waals surface area contributed by atoms with Gasteiger partial charge >= 0.3 is 0 Å². The van der Waals surface area contributed by atoms with E-state index in [2.05, 4.69) is 4.98 Å². The van der Waals surface area contributed by atoms with Gasteiger partial charge in [0, 0.05) is 24.2 Å². The van der Waals surface area contributed by atoms with Gasteiger partial charge in [-0.2, -0.15) is 0 Å². The van der Waals surface area contributed by atoms with Gasteiger partial charge in [-0.15, -0.1) is 11.3 Å². The van der Waals surface area contributed by atoms with Crippen LogP contribution in [0, 0.1) is 0 Å². The molecule has 0 radical (unpaired) electrons. The molecule has 0 unspecified atom stereocenters. The van der Waals surface area contributed by atoms with Crippen LogP contribution in [0.25, 0.3) is 0 Å². The number of hydrogen-bond acceptors (Lipinski definition) is 6. The molecule has 1 aliphatic heterocycles. The summed E-state index contributed by atoms with van der Waals surface area (Å²) in [5.41, 5.74) is 0.504. The van der Waals surface area contributed by atoms with Crippen molar-refractivity contribution in [3.05, 3.63) is 70.8 Å². The lowest BCUT2D eigenvalue weighted by Crippen LogP contribution is -2.40. The van der Waals surface area contributed by atoms with E-state index in [4.69, 9.17) is 5.84 Å². The van der Waals surface area contributed by atoms with Crippen LogP contribution >= 0.6 is 11.3 Å². The molecule has 0 saturated carbocycles. The number of Topliss-reactive ketones (excluding diaryl/α,β-unsaturated/α-hetero) is 1. The van der Waals surface area contributed by atoms with Gasteiger partial charge in [-0.25, -0.2) is 15.8 Å². The summed E-state index contributed by atoms with van der Waals surface area (Å²) in [4.78, 5) is 31.2. The van der Waals surface area contributed by atoms with E-state index >= 15 is 0 Å². The highest BCUT2D eigenvalue weighted by Gasteiger charge is 2.20. The first-order valence-corrected chi connectivity index (χ1v) is 8.23. The molecule has 24 heavy (non-hydrogen) atoms. The zero-order valence-corrected chi connectivity index (χ0v) is 13.6. The van der Waals surface area contributed by atoms with Gasteiger partial charge in [0.25, 0.3) is 5.91 Å². The average molecular weight is 340 g/mol. The quantitative estimate of drug-likeness (QED) is 0.391. The highest BCUT2D eigenvalue weighted by atomic mass is 32.1. The van der Waals surface area contributed by atoms with Gasteiger partial charge in [-0.3, -0.25) is 9.59 Å². The lowest BCUT2D eigenvalue weighted by molar-refractivity contribution is -0.115. The number of thiophene rings is 1. The fourth-order valence-electron chi connectivity index (χ4n) is 2.29. The Morgan fingerprint density at radius 1 is 1.29 bits per heavy atom. The molecule has 1 aliphatic rings. The number of anilines is 1. The number of pyridine rings is 1. The number of hydrogen-bond donors (Lipinski definition) is 1. The predicted molar refractivity (Wildman–Crippen MR) is 93.1 cm³/mol. The first kappa shape index (κ1) is 16.1. The second-order valence-electron chi connectivity index (χ2n) is 5.18. The van der Waals surface area contributed by atoms with Crippen molar-refractivity contribution in [3.8, 4) is 0 Å².